The first-order chi connectivity index (χ1) is 10.0. The van der Waals surface area contributed by atoms with Crippen LogP contribution in [0.4, 0.5) is 10.1 Å². The van der Waals surface area contributed by atoms with Gasteiger partial charge < -0.3 is 11.5 Å². The first-order valence-corrected chi connectivity index (χ1v) is 7.76. The summed E-state index contributed by atoms with van der Waals surface area (Å²) in [5, 5.41) is 0. The Hall–Kier alpha value is -1.63. The molecule has 1 aromatic rings. The molecule has 5 nitrogen and oxygen atoms in total. The van der Waals surface area contributed by atoms with Crippen LogP contribution in [0.2, 0.25) is 0 Å². The van der Waals surface area contributed by atoms with E-state index in [9.17, 15) is 4.39 Å². The van der Waals surface area contributed by atoms with Crippen LogP contribution in [-0.4, -0.2) is 17.6 Å². The minimum atomic E-state index is -0.615. The van der Waals surface area contributed by atoms with E-state index in [0.29, 0.717) is 5.69 Å². The molecule has 2 aliphatic rings. The average molecular weight is 354 g/mol. The quantitative estimate of drug-likeness (QED) is 0.814. The van der Waals surface area contributed by atoms with Crippen LogP contribution in [0.15, 0.2) is 32.7 Å². The van der Waals surface area contributed by atoms with Gasteiger partial charge in [0.25, 0.3) is 0 Å². The van der Waals surface area contributed by atoms with Crippen molar-refractivity contribution in [3.05, 3.63) is 28.5 Å². The van der Waals surface area contributed by atoms with Gasteiger partial charge in [0.2, 0.25) is 11.9 Å². The normalized spacial score (nSPS) is 21.1. The summed E-state index contributed by atoms with van der Waals surface area (Å²) in [5.41, 5.74) is 11.6. The molecule has 0 atom stereocenters. The molecule has 0 unspecified atom stereocenters. The topological polar surface area (TPSA) is 80.0 Å². The van der Waals surface area contributed by atoms with E-state index in [1.165, 1.54) is 6.07 Å². The molecule has 21 heavy (non-hydrogen) atoms. The number of guanidine groups is 2. The minimum absolute atomic E-state index is 0.168. The third-order valence-corrected chi connectivity index (χ3v) is 4.49. The van der Waals surface area contributed by atoms with Crippen LogP contribution in [0, 0.1) is 5.82 Å². The fourth-order valence-corrected chi connectivity index (χ4v) is 3.48. The maximum absolute atomic E-state index is 14.3. The van der Waals surface area contributed by atoms with Gasteiger partial charge in [-0.25, -0.2) is 9.38 Å². The van der Waals surface area contributed by atoms with Gasteiger partial charge in [0.05, 0.1) is 5.69 Å². The van der Waals surface area contributed by atoms with E-state index in [-0.39, 0.29) is 17.7 Å². The minimum Gasteiger partial charge on any atom is -0.369 e. The Balaban J connectivity index is 2.13. The molecule has 0 saturated heterocycles. The number of nitrogens with zero attached hydrogens (tertiary/aromatic N) is 3. The largest absolute Gasteiger partial charge is 0.369 e. The number of rotatable bonds is 1. The smallest absolute Gasteiger partial charge is 0.220 e. The molecule has 1 heterocycles. The molecule has 0 amide bonds. The number of nitrogens with two attached hydrogens (primary N) is 2. The first kappa shape index (κ1) is 14.3. The fourth-order valence-electron chi connectivity index (χ4n) is 3.13. The Kier molecular flexibility index (Phi) is 3.61. The molecule has 1 spiro atoms. The van der Waals surface area contributed by atoms with Crippen molar-refractivity contribution in [2.24, 2.45) is 21.5 Å². The first-order valence-electron chi connectivity index (χ1n) is 6.97. The van der Waals surface area contributed by atoms with Crippen LogP contribution in [-0.2, 0) is 0 Å². The van der Waals surface area contributed by atoms with Crippen molar-refractivity contribution < 1.29 is 4.39 Å². The molecule has 0 radical (unpaired) electrons. The summed E-state index contributed by atoms with van der Waals surface area (Å²) in [6, 6.07) is 4.76. The summed E-state index contributed by atoms with van der Waals surface area (Å²) in [5.74, 6) is 0.0134. The van der Waals surface area contributed by atoms with Gasteiger partial charge in [-0.15, -0.1) is 0 Å². The molecule has 1 aliphatic carbocycles. The van der Waals surface area contributed by atoms with Gasteiger partial charge in [-0.1, -0.05) is 22.4 Å². The molecule has 4 N–H and O–H groups in total. The van der Waals surface area contributed by atoms with Gasteiger partial charge in [-0.2, -0.15) is 4.99 Å². The van der Waals surface area contributed by atoms with Crippen molar-refractivity contribution in [2.45, 2.75) is 37.8 Å². The van der Waals surface area contributed by atoms with Gasteiger partial charge in [-0.05, 0) is 43.9 Å². The van der Waals surface area contributed by atoms with Crippen LogP contribution in [0.5, 0.6) is 0 Å². The van der Waals surface area contributed by atoms with Crippen LogP contribution in [0.1, 0.15) is 32.1 Å². The van der Waals surface area contributed by atoms with E-state index in [1.54, 1.807) is 17.0 Å². The highest BCUT2D eigenvalue weighted by Gasteiger charge is 2.43. The lowest BCUT2D eigenvalue weighted by Crippen LogP contribution is -2.58. The zero-order chi connectivity index (χ0) is 15.0. The Morgan fingerprint density at radius 2 is 1.90 bits per heavy atom. The molecule has 0 bridgehead atoms. The summed E-state index contributed by atoms with van der Waals surface area (Å²) in [4.78, 5) is 10.2. The van der Waals surface area contributed by atoms with Gasteiger partial charge in [-0.3, -0.25) is 4.90 Å². The Morgan fingerprint density at radius 3 is 2.62 bits per heavy atom. The SMILES string of the molecule is NC1=NC2(CCCCC2)N(c2cc(Br)ccc2F)C(N)=N1. The lowest BCUT2D eigenvalue weighted by atomic mass is 9.87. The second-order valence-corrected chi connectivity index (χ2v) is 6.33. The Morgan fingerprint density at radius 1 is 1.19 bits per heavy atom. The molecule has 1 aliphatic heterocycles. The van der Waals surface area contributed by atoms with E-state index in [0.717, 1.165) is 36.6 Å². The van der Waals surface area contributed by atoms with Crippen LogP contribution in [0.3, 0.4) is 0 Å². The van der Waals surface area contributed by atoms with Crippen molar-refractivity contribution in [1.29, 1.82) is 0 Å². The van der Waals surface area contributed by atoms with Crippen LogP contribution < -0.4 is 16.4 Å². The van der Waals surface area contributed by atoms with E-state index in [2.05, 4.69) is 25.9 Å². The highest BCUT2D eigenvalue weighted by atomic mass is 79.9. The number of anilines is 1. The van der Waals surface area contributed by atoms with E-state index in [1.807, 2.05) is 0 Å². The number of halogens is 2. The molecular weight excluding hydrogens is 337 g/mol. The second kappa shape index (κ2) is 5.29. The molecule has 1 saturated carbocycles. The van der Waals surface area contributed by atoms with E-state index >= 15 is 0 Å². The number of aliphatic imine (C=N–C) groups is 2. The van der Waals surface area contributed by atoms with Gasteiger partial charge in [0.1, 0.15) is 11.5 Å². The summed E-state index contributed by atoms with van der Waals surface area (Å²) in [7, 11) is 0. The number of hydrogen-bond donors (Lipinski definition) is 2. The zero-order valence-corrected chi connectivity index (χ0v) is 13.1. The third kappa shape index (κ3) is 2.50. The predicted molar refractivity (Wildman–Crippen MR) is 85.6 cm³/mol. The maximum atomic E-state index is 14.3. The molecule has 1 fully saturated rings. The Labute approximate surface area is 131 Å². The van der Waals surface area contributed by atoms with Crippen LogP contribution in [0.25, 0.3) is 0 Å². The molecular formula is C14H17BrFN5. The maximum Gasteiger partial charge on any atom is 0.220 e. The van der Waals surface area contributed by atoms with Crippen molar-refractivity contribution in [2.75, 3.05) is 4.90 Å². The highest BCUT2D eigenvalue weighted by molar-refractivity contribution is 9.10. The lowest BCUT2D eigenvalue weighted by molar-refractivity contribution is 0.304. The molecule has 112 valence electrons. The van der Waals surface area contributed by atoms with Crippen LogP contribution >= 0.6 is 15.9 Å². The molecule has 7 heteroatoms. The van der Waals surface area contributed by atoms with Gasteiger partial charge in [0.15, 0.2) is 0 Å². The third-order valence-electron chi connectivity index (χ3n) is 4.00. The monoisotopic (exact) mass is 353 g/mol. The number of benzene rings is 1. The van der Waals surface area contributed by atoms with Gasteiger partial charge >= 0.3 is 0 Å². The van der Waals surface area contributed by atoms with Crippen molar-refractivity contribution in [3.63, 3.8) is 0 Å². The molecule has 1 aromatic carbocycles. The summed E-state index contributed by atoms with van der Waals surface area (Å²) >= 11 is 3.37. The summed E-state index contributed by atoms with van der Waals surface area (Å²) in [6.07, 6.45) is 4.74. The van der Waals surface area contributed by atoms with Crippen molar-refractivity contribution >= 4 is 33.5 Å². The standard InChI is InChI=1S/C14H17BrFN5/c15-9-4-5-10(16)11(8-9)21-13(18)19-12(17)20-14(21)6-2-1-3-7-14/h4-5,8H,1-3,6-7H2,(H4,17,18,19,20). The molecule has 3 rings (SSSR count). The van der Waals surface area contributed by atoms with Gasteiger partial charge in [0, 0.05) is 4.47 Å². The predicted octanol–water partition coefficient (Wildman–Crippen LogP) is 2.70. The lowest BCUT2D eigenvalue weighted by Gasteiger charge is -2.45. The Bertz CT molecular complexity index is 622. The van der Waals surface area contributed by atoms with E-state index in [4.69, 9.17) is 11.5 Å². The number of hydrogen-bond acceptors (Lipinski definition) is 5. The zero-order valence-electron chi connectivity index (χ0n) is 11.5. The van der Waals surface area contributed by atoms with Crippen molar-refractivity contribution in [1.82, 2.24) is 0 Å². The highest BCUT2D eigenvalue weighted by Crippen LogP contribution is 2.40. The molecule has 0 aromatic heterocycles. The van der Waals surface area contributed by atoms with E-state index < -0.39 is 5.66 Å². The summed E-state index contributed by atoms with van der Waals surface area (Å²) < 4.78 is 15.1. The van der Waals surface area contributed by atoms with Crippen molar-refractivity contribution in [3.8, 4) is 0 Å². The fraction of sp³-hybridized carbons (Fsp3) is 0.429. The summed E-state index contributed by atoms with van der Waals surface area (Å²) in [6.45, 7) is 0. The average Bonchev–Trinajstić information content (AvgIpc) is 2.42. The second-order valence-electron chi connectivity index (χ2n) is 5.41.